The second kappa shape index (κ2) is 5.21. The number of esters is 1. The molecule has 0 radical (unpaired) electrons. The molecule has 0 unspecified atom stereocenters. The van der Waals surface area contributed by atoms with Crippen LogP contribution in [0.5, 0.6) is 0 Å². The van der Waals surface area contributed by atoms with Crippen molar-refractivity contribution in [3.63, 3.8) is 0 Å². The van der Waals surface area contributed by atoms with Crippen LogP contribution in [0.25, 0.3) is 0 Å². The van der Waals surface area contributed by atoms with Gasteiger partial charge in [0.2, 0.25) is 0 Å². The number of nitriles is 2. The van der Waals surface area contributed by atoms with Crippen LogP contribution in [0.2, 0.25) is 0 Å². The van der Waals surface area contributed by atoms with Gasteiger partial charge in [0.1, 0.15) is 12.1 Å². The van der Waals surface area contributed by atoms with Gasteiger partial charge in [-0.2, -0.15) is 10.5 Å². The summed E-state index contributed by atoms with van der Waals surface area (Å²) in [5.74, 6) is -0.715. The SMILES string of the molecule is N#CCOC(=O)[C@@H](N)CC#N. The molecule has 5 heteroatoms. The zero-order chi connectivity index (χ0) is 8.69. The Hall–Kier alpha value is -1.59. The van der Waals surface area contributed by atoms with E-state index in [0.29, 0.717) is 0 Å². The monoisotopic (exact) mass is 153 g/mol. The van der Waals surface area contributed by atoms with Gasteiger partial charge in [0.05, 0.1) is 12.5 Å². The number of hydrogen-bond acceptors (Lipinski definition) is 5. The number of nitrogens with zero attached hydrogens (tertiary/aromatic N) is 2. The molecule has 0 aromatic heterocycles. The predicted octanol–water partition coefficient (Wildman–Crippen LogP) is -0.706. The normalized spacial score (nSPS) is 10.8. The molecule has 0 saturated heterocycles. The van der Waals surface area contributed by atoms with Gasteiger partial charge in [-0.1, -0.05) is 0 Å². The van der Waals surface area contributed by atoms with E-state index in [9.17, 15) is 4.79 Å². The maximum atomic E-state index is 10.6. The number of ether oxygens (including phenoxy) is 1. The quantitative estimate of drug-likeness (QED) is 0.540. The Labute approximate surface area is 64.0 Å². The summed E-state index contributed by atoms with van der Waals surface area (Å²) in [6.45, 7) is -0.321. The average Bonchev–Trinajstić information content (AvgIpc) is 2.00. The molecule has 0 saturated carbocycles. The second-order valence-corrected chi connectivity index (χ2v) is 1.73. The minimum absolute atomic E-state index is 0.0930. The maximum Gasteiger partial charge on any atom is 0.325 e. The minimum atomic E-state index is -0.937. The number of hydrogen-bond donors (Lipinski definition) is 1. The molecule has 0 aromatic carbocycles. The average molecular weight is 153 g/mol. The summed E-state index contributed by atoms with van der Waals surface area (Å²) in [6, 6.07) is 2.39. The standard InChI is InChI=1S/C6H7N3O2/c7-2-1-5(9)6(10)11-4-3-8/h5H,1,4,9H2/t5-/m0/s1. The molecule has 0 heterocycles. The van der Waals surface area contributed by atoms with E-state index in [2.05, 4.69) is 4.74 Å². The summed E-state index contributed by atoms with van der Waals surface area (Å²) in [5.41, 5.74) is 5.16. The van der Waals surface area contributed by atoms with E-state index in [0.717, 1.165) is 0 Å². The molecular formula is C6H7N3O2. The highest BCUT2D eigenvalue weighted by atomic mass is 16.5. The van der Waals surface area contributed by atoms with Crippen LogP contribution in [-0.2, 0) is 9.53 Å². The van der Waals surface area contributed by atoms with Crippen molar-refractivity contribution in [1.29, 1.82) is 10.5 Å². The van der Waals surface area contributed by atoms with Gasteiger partial charge < -0.3 is 10.5 Å². The number of carbonyl (C=O) groups excluding carboxylic acids is 1. The first-order valence-corrected chi connectivity index (χ1v) is 2.88. The lowest BCUT2D eigenvalue weighted by Gasteiger charge is -2.03. The van der Waals surface area contributed by atoms with Crippen LogP contribution in [0.3, 0.4) is 0 Å². The van der Waals surface area contributed by atoms with E-state index in [-0.39, 0.29) is 13.0 Å². The molecule has 0 rings (SSSR count). The van der Waals surface area contributed by atoms with Crippen molar-refractivity contribution in [1.82, 2.24) is 0 Å². The summed E-state index contributed by atoms with van der Waals surface area (Å²) in [6.07, 6.45) is -0.0930. The molecule has 1 atom stereocenters. The van der Waals surface area contributed by atoms with E-state index >= 15 is 0 Å². The van der Waals surface area contributed by atoms with Gasteiger partial charge in [-0.3, -0.25) is 4.79 Å². The first-order chi connectivity index (χ1) is 5.22. The van der Waals surface area contributed by atoms with Gasteiger partial charge in [0.15, 0.2) is 6.61 Å². The Morgan fingerprint density at radius 1 is 1.55 bits per heavy atom. The fraction of sp³-hybridized carbons (Fsp3) is 0.500. The van der Waals surface area contributed by atoms with E-state index in [1.54, 1.807) is 12.1 Å². The summed E-state index contributed by atoms with van der Waals surface area (Å²) in [5, 5.41) is 16.1. The first kappa shape index (κ1) is 9.41. The highest BCUT2D eigenvalue weighted by Gasteiger charge is 2.13. The second-order valence-electron chi connectivity index (χ2n) is 1.73. The third-order valence-electron chi connectivity index (χ3n) is 0.893. The van der Waals surface area contributed by atoms with Crippen molar-refractivity contribution >= 4 is 5.97 Å². The summed E-state index contributed by atoms with van der Waals surface area (Å²) in [7, 11) is 0. The summed E-state index contributed by atoms with van der Waals surface area (Å²) in [4.78, 5) is 10.6. The fourth-order valence-electron chi connectivity index (χ4n) is 0.392. The Morgan fingerprint density at radius 2 is 2.18 bits per heavy atom. The summed E-state index contributed by atoms with van der Waals surface area (Å²) < 4.78 is 4.33. The highest BCUT2D eigenvalue weighted by molar-refractivity contribution is 5.75. The largest absolute Gasteiger partial charge is 0.449 e. The van der Waals surface area contributed by atoms with Crippen LogP contribution >= 0.6 is 0 Å². The molecular weight excluding hydrogens is 146 g/mol. The van der Waals surface area contributed by atoms with Gasteiger partial charge in [-0.25, -0.2) is 0 Å². The molecule has 0 aromatic rings. The lowest BCUT2D eigenvalue weighted by Crippen LogP contribution is -2.31. The lowest BCUT2D eigenvalue weighted by molar-refractivity contribution is -0.143. The molecule has 11 heavy (non-hydrogen) atoms. The number of rotatable bonds is 3. The number of carbonyl (C=O) groups is 1. The Bertz CT molecular complexity index is 213. The Morgan fingerprint density at radius 3 is 2.64 bits per heavy atom. The van der Waals surface area contributed by atoms with E-state index in [1.165, 1.54) is 0 Å². The molecule has 0 aliphatic heterocycles. The van der Waals surface area contributed by atoms with Gasteiger partial charge in [0.25, 0.3) is 0 Å². The molecule has 0 bridgehead atoms. The first-order valence-electron chi connectivity index (χ1n) is 2.88. The zero-order valence-corrected chi connectivity index (χ0v) is 5.78. The van der Waals surface area contributed by atoms with Crippen molar-refractivity contribution in [2.45, 2.75) is 12.5 Å². The molecule has 0 amide bonds. The molecule has 2 N–H and O–H groups in total. The van der Waals surface area contributed by atoms with E-state index in [1.807, 2.05) is 0 Å². The Kier molecular flexibility index (Phi) is 4.46. The third kappa shape index (κ3) is 3.90. The van der Waals surface area contributed by atoms with Gasteiger partial charge in [0, 0.05) is 0 Å². The van der Waals surface area contributed by atoms with Crippen LogP contribution in [0.1, 0.15) is 6.42 Å². The van der Waals surface area contributed by atoms with Crippen LogP contribution in [0.15, 0.2) is 0 Å². The maximum absolute atomic E-state index is 10.6. The molecule has 0 aliphatic carbocycles. The van der Waals surface area contributed by atoms with Crippen LogP contribution in [-0.4, -0.2) is 18.6 Å². The van der Waals surface area contributed by atoms with Crippen molar-refractivity contribution in [2.24, 2.45) is 5.73 Å². The lowest BCUT2D eigenvalue weighted by atomic mass is 10.2. The molecule has 0 spiro atoms. The van der Waals surface area contributed by atoms with Crippen molar-refractivity contribution in [2.75, 3.05) is 6.61 Å². The summed E-state index contributed by atoms with van der Waals surface area (Å²) >= 11 is 0. The molecule has 58 valence electrons. The predicted molar refractivity (Wildman–Crippen MR) is 34.8 cm³/mol. The van der Waals surface area contributed by atoms with Crippen LogP contribution < -0.4 is 5.73 Å². The van der Waals surface area contributed by atoms with Crippen molar-refractivity contribution in [3.05, 3.63) is 0 Å². The number of nitrogens with two attached hydrogens (primary N) is 1. The Balaban J connectivity index is 3.68. The van der Waals surface area contributed by atoms with Gasteiger partial charge in [-0.15, -0.1) is 0 Å². The van der Waals surface area contributed by atoms with E-state index in [4.69, 9.17) is 16.3 Å². The van der Waals surface area contributed by atoms with Crippen LogP contribution in [0, 0.1) is 22.7 Å². The van der Waals surface area contributed by atoms with Gasteiger partial charge in [-0.05, 0) is 0 Å². The topological polar surface area (TPSA) is 99.9 Å². The highest BCUT2D eigenvalue weighted by Crippen LogP contribution is 1.89. The fourth-order valence-corrected chi connectivity index (χ4v) is 0.392. The molecule has 0 fully saturated rings. The van der Waals surface area contributed by atoms with Crippen molar-refractivity contribution in [3.8, 4) is 12.1 Å². The van der Waals surface area contributed by atoms with Crippen LogP contribution in [0.4, 0.5) is 0 Å². The van der Waals surface area contributed by atoms with E-state index < -0.39 is 12.0 Å². The molecule has 0 aliphatic rings. The third-order valence-corrected chi connectivity index (χ3v) is 0.893. The van der Waals surface area contributed by atoms with Crippen molar-refractivity contribution < 1.29 is 9.53 Å². The van der Waals surface area contributed by atoms with Gasteiger partial charge >= 0.3 is 5.97 Å². The minimum Gasteiger partial charge on any atom is -0.449 e. The molecule has 5 nitrogen and oxygen atoms in total. The zero-order valence-electron chi connectivity index (χ0n) is 5.78. The smallest absolute Gasteiger partial charge is 0.325 e.